The summed E-state index contributed by atoms with van der Waals surface area (Å²) in [6.45, 7) is -0.764. The summed E-state index contributed by atoms with van der Waals surface area (Å²) in [5.41, 5.74) is 2.95. The van der Waals surface area contributed by atoms with Gasteiger partial charge in [0.05, 0.1) is 16.5 Å². The summed E-state index contributed by atoms with van der Waals surface area (Å²) in [5.74, 6) is -3.64. The Bertz CT molecular complexity index is 1200. The number of hydrogen-bond donors (Lipinski definition) is 1. The number of carbonyl (C=O) groups is 1. The van der Waals surface area contributed by atoms with Crippen molar-refractivity contribution < 1.29 is 30.8 Å². The zero-order chi connectivity index (χ0) is 23.9. The van der Waals surface area contributed by atoms with Crippen LogP contribution in [0.25, 0.3) is 0 Å². The molecule has 3 rings (SSSR count). The van der Waals surface area contributed by atoms with E-state index in [1.165, 1.54) is 18.2 Å². The molecule has 1 amide bonds. The summed E-state index contributed by atoms with van der Waals surface area (Å²) < 4.78 is 80.9. The van der Waals surface area contributed by atoms with E-state index in [9.17, 15) is 30.8 Å². The lowest BCUT2D eigenvalue weighted by atomic mass is 10.1. The van der Waals surface area contributed by atoms with Gasteiger partial charge in [-0.25, -0.2) is 12.8 Å². The molecule has 0 saturated heterocycles. The molecule has 2 atom stereocenters. The predicted molar refractivity (Wildman–Crippen MR) is 106 cm³/mol. The maximum absolute atomic E-state index is 14.5. The molecule has 2 unspecified atom stereocenters. The molecule has 1 aliphatic rings. The lowest BCUT2D eigenvalue weighted by Crippen LogP contribution is -2.51. The van der Waals surface area contributed by atoms with Gasteiger partial charge in [0.25, 0.3) is 0 Å². The van der Waals surface area contributed by atoms with Gasteiger partial charge in [-0.15, -0.1) is 0 Å². The SMILES string of the molecule is N#Cc1ccc(CN(C2(C(N)=O)CC2CC(F)(F)F)S(=O)(=O)c2ccc(Cl)cc2)c(F)c1. The number of rotatable bonds is 7. The zero-order valence-electron chi connectivity index (χ0n) is 16.2. The number of halogens is 5. The summed E-state index contributed by atoms with van der Waals surface area (Å²) in [6.07, 6.45) is -6.57. The fourth-order valence-corrected chi connectivity index (χ4v) is 5.55. The molecule has 0 spiro atoms. The number of hydrogen-bond acceptors (Lipinski definition) is 4. The molecule has 2 N–H and O–H groups in total. The smallest absolute Gasteiger partial charge is 0.368 e. The van der Waals surface area contributed by atoms with E-state index < -0.39 is 58.8 Å². The minimum Gasteiger partial charge on any atom is -0.368 e. The number of nitrogens with two attached hydrogens (primary N) is 1. The van der Waals surface area contributed by atoms with Gasteiger partial charge in [0, 0.05) is 23.6 Å². The number of nitrogens with zero attached hydrogens (tertiary/aromatic N) is 2. The molecular formula is C20H16ClF4N3O3S. The predicted octanol–water partition coefficient (Wildman–Crippen LogP) is 3.74. The normalized spacial score (nSPS) is 20.7. The van der Waals surface area contributed by atoms with Crippen LogP contribution in [0.4, 0.5) is 17.6 Å². The molecule has 32 heavy (non-hydrogen) atoms. The minimum atomic E-state index is -4.67. The Morgan fingerprint density at radius 1 is 1.25 bits per heavy atom. The van der Waals surface area contributed by atoms with E-state index in [1.54, 1.807) is 6.07 Å². The molecule has 1 aliphatic carbocycles. The molecule has 0 bridgehead atoms. The Balaban J connectivity index is 2.12. The number of primary amides is 1. The summed E-state index contributed by atoms with van der Waals surface area (Å²) >= 11 is 5.79. The van der Waals surface area contributed by atoms with Crippen molar-refractivity contribution in [3.05, 3.63) is 64.4 Å². The fraction of sp³-hybridized carbons (Fsp3) is 0.300. The van der Waals surface area contributed by atoms with Gasteiger partial charge in [-0.2, -0.15) is 22.7 Å². The van der Waals surface area contributed by atoms with Gasteiger partial charge >= 0.3 is 6.18 Å². The Hall–Kier alpha value is -2.68. The monoisotopic (exact) mass is 489 g/mol. The molecule has 2 aromatic rings. The highest BCUT2D eigenvalue weighted by molar-refractivity contribution is 7.89. The second-order valence-electron chi connectivity index (χ2n) is 7.39. The molecule has 0 aliphatic heterocycles. The second-order valence-corrected chi connectivity index (χ2v) is 9.69. The van der Waals surface area contributed by atoms with Crippen molar-refractivity contribution in [1.29, 1.82) is 5.26 Å². The topological polar surface area (TPSA) is 104 Å². The first-order valence-electron chi connectivity index (χ1n) is 9.15. The van der Waals surface area contributed by atoms with Crippen LogP contribution in [0.2, 0.25) is 5.02 Å². The number of amides is 1. The van der Waals surface area contributed by atoms with Gasteiger partial charge in [-0.1, -0.05) is 17.7 Å². The van der Waals surface area contributed by atoms with E-state index in [1.807, 2.05) is 0 Å². The zero-order valence-corrected chi connectivity index (χ0v) is 17.8. The lowest BCUT2D eigenvalue weighted by molar-refractivity contribution is -0.142. The Morgan fingerprint density at radius 2 is 1.88 bits per heavy atom. The van der Waals surface area contributed by atoms with Crippen molar-refractivity contribution in [2.24, 2.45) is 11.7 Å². The summed E-state index contributed by atoms with van der Waals surface area (Å²) in [5, 5.41) is 9.10. The first-order chi connectivity index (χ1) is 14.8. The van der Waals surface area contributed by atoms with E-state index in [-0.39, 0.29) is 21.0 Å². The molecule has 12 heteroatoms. The second kappa shape index (κ2) is 8.35. The van der Waals surface area contributed by atoms with Gasteiger partial charge in [-0.05, 0) is 48.7 Å². The number of benzene rings is 2. The van der Waals surface area contributed by atoms with Crippen LogP contribution in [0.3, 0.4) is 0 Å². The van der Waals surface area contributed by atoms with Gasteiger partial charge < -0.3 is 5.73 Å². The molecule has 1 saturated carbocycles. The fourth-order valence-electron chi connectivity index (χ4n) is 3.64. The Morgan fingerprint density at radius 3 is 2.38 bits per heavy atom. The number of nitriles is 1. The third-order valence-corrected chi connectivity index (χ3v) is 7.48. The van der Waals surface area contributed by atoms with Gasteiger partial charge in [0.15, 0.2) is 0 Å². The van der Waals surface area contributed by atoms with Crippen molar-refractivity contribution >= 4 is 27.5 Å². The standard InChI is InChI=1S/C20H16ClF4N3O3S/c21-15-3-5-16(6-4-15)32(30,31)28(11-13-2-1-12(10-26)7-17(13)22)19(18(27)29)8-14(19)9-20(23,24)25/h1-7,14H,8-9,11H2,(H2,27,29). The maximum atomic E-state index is 14.5. The number of carbonyl (C=O) groups excluding carboxylic acids is 1. The highest BCUT2D eigenvalue weighted by atomic mass is 35.5. The molecular weight excluding hydrogens is 474 g/mol. The summed E-state index contributed by atoms with van der Waals surface area (Å²) in [6, 6.07) is 9.69. The van der Waals surface area contributed by atoms with E-state index in [0.717, 1.165) is 24.3 Å². The van der Waals surface area contributed by atoms with Crippen molar-refractivity contribution in [3.8, 4) is 6.07 Å². The molecule has 1 fully saturated rings. The highest BCUT2D eigenvalue weighted by Crippen LogP contribution is 2.55. The van der Waals surface area contributed by atoms with Crippen LogP contribution < -0.4 is 5.73 Å². The van der Waals surface area contributed by atoms with Crippen LogP contribution in [0.1, 0.15) is 24.0 Å². The Labute approximate surface area is 186 Å². The molecule has 0 radical (unpaired) electrons. The van der Waals surface area contributed by atoms with Gasteiger partial charge in [0.1, 0.15) is 11.4 Å². The quantitative estimate of drug-likeness (QED) is 0.598. The van der Waals surface area contributed by atoms with Crippen LogP contribution in [-0.2, 0) is 21.4 Å². The van der Waals surface area contributed by atoms with Crippen LogP contribution in [-0.4, -0.2) is 30.3 Å². The van der Waals surface area contributed by atoms with Crippen LogP contribution in [0.5, 0.6) is 0 Å². The lowest BCUT2D eigenvalue weighted by Gasteiger charge is -2.30. The first-order valence-corrected chi connectivity index (χ1v) is 11.0. The summed E-state index contributed by atoms with van der Waals surface area (Å²) in [4.78, 5) is 12.0. The molecule has 0 aromatic heterocycles. The Kier molecular flexibility index (Phi) is 6.25. The molecule has 0 heterocycles. The molecule has 2 aromatic carbocycles. The van der Waals surface area contributed by atoms with Crippen molar-refractivity contribution in [1.82, 2.24) is 4.31 Å². The molecule has 6 nitrogen and oxygen atoms in total. The van der Waals surface area contributed by atoms with E-state index in [2.05, 4.69) is 0 Å². The van der Waals surface area contributed by atoms with Gasteiger partial charge in [0.2, 0.25) is 15.9 Å². The van der Waals surface area contributed by atoms with Crippen molar-refractivity contribution in [3.63, 3.8) is 0 Å². The third-order valence-electron chi connectivity index (χ3n) is 5.32. The van der Waals surface area contributed by atoms with Gasteiger partial charge in [-0.3, -0.25) is 4.79 Å². The van der Waals surface area contributed by atoms with E-state index >= 15 is 0 Å². The summed E-state index contributed by atoms with van der Waals surface area (Å²) in [7, 11) is -4.60. The largest absolute Gasteiger partial charge is 0.389 e. The average Bonchev–Trinajstić information content (AvgIpc) is 3.39. The average molecular weight is 490 g/mol. The van der Waals surface area contributed by atoms with E-state index in [4.69, 9.17) is 22.6 Å². The van der Waals surface area contributed by atoms with E-state index in [0.29, 0.717) is 4.31 Å². The van der Waals surface area contributed by atoms with Crippen LogP contribution in [0.15, 0.2) is 47.4 Å². The van der Waals surface area contributed by atoms with Crippen molar-refractivity contribution in [2.75, 3.05) is 0 Å². The third kappa shape index (κ3) is 4.57. The van der Waals surface area contributed by atoms with Crippen LogP contribution in [0, 0.1) is 23.1 Å². The first kappa shape index (κ1) is 24.0. The van der Waals surface area contributed by atoms with Crippen molar-refractivity contribution in [2.45, 2.75) is 36.0 Å². The minimum absolute atomic E-state index is 0.0376. The molecule has 170 valence electrons. The van der Waals surface area contributed by atoms with Crippen LogP contribution >= 0.6 is 11.6 Å². The maximum Gasteiger partial charge on any atom is 0.389 e. The number of sulfonamides is 1. The number of alkyl halides is 3. The highest BCUT2D eigenvalue weighted by Gasteiger charge is 2.68.